The quantitative estimate of drug-likeness (QED) is 0.234. The molecule has 0 unspecified atom stereocenters. The second-order valence-corrected chi connectivity index (χ2v) is 8.20. The molecule has 7 heteroatoms. The van der Waals surface area contributed by atoms with Crippen molar-refractivity contribution < 1.29 is 13.9 Å². The number of benzene rings is 4. The average molecular weight is 493 g/mol. The van der Waals surface area contributed by atoms with Gasteiger partial charge in [0.25, 0.3) is 0 Å². The molecule has 5 aromatic rings. The zero-order valence-corrected chi connectivity index (χ0v) is 20.4. The summed E-state index contributed by atoms with van der Waals surface area (Å²) in [6, 6.07) is 31.4. The summed E-state index contributed by atoms with van der Waals surface area (Å²) in [5.41, 5.74) is 5.28. The van der Waals surface area contributed by atoms with Crippen molar-refractivity contribution in [2.45, 2.75) is 0 Å². The number of ether oxygens (including phenoxy) is 2. The number of methoxy groups -OCH3 is 2. The van der Waals surface area contributed by atoms with Crippen LogP contribution < -0.4 is 20.1 Å². The van der Waals surface area contributed by atoms with E-state index in [-0.39, 0.29) is 11.8 Å². The maximum atomic E-state index is 14.8. The molecule has 0 fully saturated rings. The van der Waals surface area contributed by atoms with Crippen molar-refractivity contribution in [2.75, 3.05) is 24.9 Å². The van der Waals surface area contributed by atoms with Crippen molar-refractivity contribution in [3.8, 4) is 33.8 Å². The zero-order chi connectivity index (χ0) is 25.6. The summed E-state index contributed by atoms with van der Waals surface area (Å²) >= 11 is 0. The molecular weight excluding hydrogens is 467 g/mol. The number of hydrogen-bond acceptors (Lipinski definition) is 6. The van der Waals surface area contributed by atoms with Crippen LogP contribution in [-0.4, -0.2) is 24.2 Å². The molecule has 37 heavy (non-hydrogen) atoms. The maximum Gasteiger partial charge on any atom is 0.229 e. The topological polar surface area (TPSA) is 68.3 Å². The molecule has 4 aromatic carbocycles. The Hall–Kier alpha value is -4.91. The smallest absolute Gasteiger partial charge is 0.229 e. The van der Waals surface area contributed by atoms with E-state index < -0.39 is 5.82 Å². The predicted octanol–water partition coefficient (Wildman–Crippen LogP) is 7.45. The van der Waals surface area contributed by atoms with E-state index in [1.807, 2.05) is 97.1 Å². The first kappa shape index (κ1) is 23.8. The van der Waals surface area contributed by atoms with Crippen LogP contribution in [0.1, 0.15) is 0 Å². The Morgan fingerprint density at radius 1 is 0.622 bits per heavy atom. The fraction of sp³-hybridized carbons (Fsp3) is 0.0667. The summed E-state index contributed by atoms with van der Waals surface area (Å²) in [7, 11) is 3.16. The molecule has 1 heterocycles. The lowest BCUT2D eigenvalue weighted by atomic mass is 10.0. The minimum absolute atomic E-state index is 0.0131. The van der Waals surface area contributed by atoms with Crippen LogP contribution in [-0.2, 0) is 0 Å². The van der Waals surface area contributed by atoms with Crippen LogP contribution in [0.25, 0.3) is 22.3 Å². The molecular formula is C30H25FN4O2. The number of rotatable bonds is 8. The lowest BCUT2D eigenvalue weighted by Gasteiger charge is -2.15. The first-order chi connectivity index (χ1) is 18.1. The summed E-state index contributed by atoms with van der Waals surface area (Å²) in [4.78, 5) is 8.54. The Morgan fingerprint density at radius 3 is 1.65 bits per heavy atom. The molecule has 1 aromatic heterocycles. The molecule has 0 amide bonds. The highest BCUT2D eigenvalue weighted by atomic mass is 19.1. The predicted molar refractivity (Wildman–Crippen MR) is 145 cm³/mol. The van der Waals surface area contributed by atoms with E-state index in [1.54, 1.807) is 14.2 Å². The fourth-order valence-corrected chi connectivity index (χ4v) is 3.99. The Labute approximate surface area is 214 Å². The van der Waals surface area contributed by atoms with E-state index in [9.17, 15) is 4.39 Å². The van der Waals surface area contributed by atoms with Crippen LogP contribution in [0.2, 0.25) is 0 Å². The maximum absolute atomic E-state index is 14.8. The Kier molecular flexibility index (Phi) is 6.94. The zero-order valence-electron chi connectivity index (χ0n) is 20.4. The van der Waals surface area contributed by atoms with Gasteiger partial charge in [0, 0.05) is 0 Å². The average Bonchev–Trinajstić information content (AvgIpc) is 2.95. The number of nitrogens with one attached hydrogen (secondary N) is 2. The summed E-state index contributed by atoms with van der Waals surface area (Å²) in [6.07, 6.45) is 1.12. The molecule has 0 aliphatic heterocycles. The molecule has 6 nitrogen and oxygen atoms in total. The third kappa shape index (κ3) is 5.36. The van der Waals surface area contributed by atoms with Crippen LogP contribution in [0, 0.1) is 5.82 Å². The van der Waals surface area contributed by atoms with Crippen molar-refractivity contribution in [3.05, 3.63) is 109 Å². The molecule has 0 radical (unpaired) electrons. The van der Waals surface area contributed by atoms with Gasteiger partial charge in [0.2, 0.25) is 5.95 Å². The number of nitrogens with zero attached hydrogens (tertiary/aromatic N) is 2. The Balaban J connectivity index is 1.46. The largest absolute Gasteiger partial charge is 0.495 e. The number of anilines is 4. The van der Waals surface area contributed by atoms with E-state index in [0.717, 1.165) is 28.5 Å². The van der Waals surface area contributed by atoms with E-state index in [1.165, 1.54) is 0 Å². The van der Waals surface area contributed by atoms with E-state index in [4.69, 9.17) is 9.47 Å². The molecule has 0 atom stereocenters. The summed E-state index contributed by atoms with van der Waals surface area (Å²) in [6.45, 7) is 0. The second-order valence-electron chi connectivity index (χ2n) is 8.20. The fourth-order valence-electron chi connectivity index (χ4n) is 3.99. The highest BCUT2D eigenvalue weighted by Crippen LogP contribution is 2.35. The lowest BCUT2D eigenvalue weighted by Crippen LogP contribution is -2.05. The van der Waals surface area contributed by atoms with Crippen LogP contribution in [0.3, 0.4) is 0 Å². The van der Waals surface area contributed by atoms with Gasteiger partial charge in [-0.1, -0.05) is 72.8 Å². The minimum Gasteiger partial charge on any atom is -0.495 e. The van der Waals surface area contributed by atoms with Crippen LogP contribution in [0.15, 0.2) is 103 Å². The first-order valence-corrected chi connectivity index (χ1v) is 11.7. The van der Waals surface area contributed by atoms with Gasteiger partial charge < -0.3 is 20.1 Å². The summed E-state index contributed by atoms with van der Waals surface area (Å²) < 4.78 is 25.8. The van der Waals surface area contributed by atoms with E-state index in [2.05, 4.69) is 20.6 Å². The third-order valence-corrected chi connectivity index (χ3v) is 5.86. The SMILES string of the molecule is COc1ccc(-c2ccccc2)cc1Nc1ncc(F)c(Nc2cc(-c3ccccc3)ccc2OC)n1. The van der Waals surface area contributed by atoms with E-state index in [0.29, 0.717) is 22.9 Å². The minimum atomic E-state index is -0.595. The van der Waals surface area contributed by atoms with Gasteiger partial charge in [-0.25, -0.2) is 9.37 Å². The van der Waals surface area contributed by atoms with Crippen molar-refractivity contribution in [3.63, 3.8) is 0 Å². The molecule has 184 valence electrons. The molecule has 0 aliphatic rings. The molecule has 0 bridgehead atoms. The highest BCUT2D eigenvalue weighted by molar-refractivity contribution is 5.76. The molecule has 2 N–H and O–H groups in total. The molecule has 0 aliphatic carbocycles. The second kappa shape index (κ2) is 10.8. The normalized spacial score (nSPS) is 10.6. The number of aromatic nitrogens is 2. The molecule has 5 rings (SSSR count). The van der Waals surface area contributed by atoms with Gasteiger partial charge in [0.05, 0.1) is 31.8 Å². The third-order valence-electron chi connectivity index (χ3n) is 5.86. The number of hydrogen-bond donors (Lipinski definition) is 2. The summed E-state index contributed by atoms with van der Waals surface area (Å²) in [5, 5.41) is 6.24. The Bertz CT molecular complexity index is 1510. The lowest BCUT2D eigenvalue weighted by molar-refractivity contribution is 0.417. The van der Waals surface area contributed by atoms with Gasteiger partial charge in [0.1, 0.15) is 11.5 Å². The first-order valence-electron chi connectivity index (χ1n) is 11.7. The van der Waals surface area contributed by atoms with Gasteiger partial charge in [-0.15, -0.1) is 0 Å². The van der Waals surface area contributed by atoms with Gasteiger partial charge in [-0.05, 0) is 46.5 Å². The van der Waals surface area contributed by atoms with Gasteiger partial charge >= 0.3 is 0 Å². The van der Waals surface area contributed by atoms with Gasteiger partial charge in [-0.3, -0.25) is 0 Å². The van der Waals surface area contributed by atoms with E-state index >= 15 is 0 Å². The highest BCUT2D eigenvalue weighted by Gasteiger charge is 2.14. The van der Waals surface area contributed by atoms with Crippen molar-refractivity contribution >= 4 is 23.1 Å². The molecule has 0 saturated heterocycles. The standard InChI is InChI=1S/C30H25FN4O2/c1-36-27-15-13-22(20-9-5-3-6-10-20)17-25(27)33-29-24(31)19-32-30(35-29)34-26-18-23(14-16-28(26)37-2)21-11-7-4-8-12-21/h3-19H,1-2H3,(H2,32,33,34,35). The van der Waals surface area contributed by atoms with Crippen LogP contribution in [0.5, 0.6) is 11.5 Å². The van der Waals surface area contributed by atoms with Gasteiger partial charge in [-0.2, -0.15) is 4.98 Å². The van der Waals surface area contributed by atoms with Crippen LogP contribution >= 0.6 is 0 Å². The number of halogens is 1. The Morgan fingerprint density at radius 2 is 1.14 bits per heavy atom. The van der Waals surface area contributed by atoms with Crippen molar-refractivity contribution in [1.29, 1.82) is 0 Å². The van der Waals surface area contributed by atoms with Gasteiger partial charge in [0.15, 0.2) is 11.6 Å². The molecule has 0 saturated carbocycles. The van der Waals surface area contributed by atoms with Crippen molar-refractivity contribution in [1.82, 2.24) is 9.97 Å². The van der Waals surface area contributed by atoms with Crippen molar-refractivity contribution in [2.24, 2.45) is 0 Å². The van der Waals surface area contributed by atoms with Crippen LogP contribution in [0.4, 0.5) is 27.5 Å². The summed E-state index contributed by atoms with van der Waals surface area (Å²) in [5.74, 6) is 0.802. The molecule has 0 spiro atoms. The monoisotopic (exact) mass is 492 g/mol.